The second-order valence-electron chi connectivity index (χ2n) is 7.47. The van der Waals surface area contributed by atoms with Crippen molar-refractivity contribution in [3.05, 3.63) is 35.1 Å². The highest BCUT2D eigenvalue weighted by Crippen LogP contribution is 2.37. The summed E-state index contributed by atoms with van der Waals surface area (Å²) in [5, 5.41) is 22.7. The Balaban J connectivity index is 1.70. The Labute approximate surface area is 153 Å². The van der Waals surface area contributed by atoms with Crippen LogP contribution < -0.4 is 5.32 Å². The molecule has 0 unspecified atom stereocenters. The summed E-state index contributed by atoms with van der Waals surface area (Å²) in [5.74, 6) is 0.347. The molecule has 0 radical (unpaired) electrons. The molecule has 5 nitrogen and oxygen atoms in total. The van der Waals surface area contributed by atoms with Crippen LogP contribution in [0.15, 0.2) is 18.2 Å². The van der Waals surface area contributed by atoms with Crippen molar-refractivity contribution < 1.29 is 9.50 Å². The van der Waals surface area contributed by atoms with Crippen LogP contribution >= 0.6 is 0 Å². The number of nitrogens with one attached hydrogen (secondary N) is 1. The van der Waals surface area contributed by atoms with Gasteiger partial charge in [0.25, 0.3) is 0 Å². The van der Waals surface area contributed by atoms with Gasteiger partial charge >= 0.3 is 0 Å². The molecule has 2 aliphatic rings. The third-order valence-corrected chi connectivity index (χ3v) is 5.47. The van der Waals surface area contributed by atoms with Crippen molar-refractivity contribution in [1.82, 2.24) is 15.1 Å². The summed E-state index contributed by atoms with van der Waals surface area (Å²) >= 11 is 0. The van der Waals surface area contributed by atoms with E-state index in [1.807, 2.05) is 0 Å². The third-order valence-electron chi connectivity index (χ3n) is 5.47. The molecule has 2 aromatic rings. The molecular formula is C20H25FN4O. The highest BCUT2D eigenvalue weighted by atomic mass is 19.1. The second-order valence-corrected chi connectivity index (χ2v) is 7.47. The predicted octanol–water partition coefficient (Wildman–Crippen LogP) is 3.37. The van der Waals surface area contributed by atoms with Gasteiger partial charge in [-0.25, -0.2) is 4.39 Å². The zero-order valence-electron chi connectivity index (χ0n) is 15.1. The molecule has 2 heterocycles. The van der Waals surface area contributed by atoms with Crippen LogP contribution in [0.25, 0.3) is 11.3 Å². The molecule has 0 saturated carbocycles. The van der Waals surface area contributed by atoms with Crippen LogP contribution in [0, 0.1) is 5.82 Å². The number of benzene rings is 1. The van der Waals surface area contributed by atoms with Crippen molar-refractivity contribution in [2.75, 3.05) is 25.5 Å². The van der Waals surface area contributed by atoms with Crippen molar-refractivity contribution in [3.63, 3.8) is 0 Å². The lowest BCUT2D eigenvalue weighted by atomic mass is 9.89. The standard InChI is InChI=1S/C20H25FN4O/c1-25-10-4-5-14(12-25)22-20-16-7-3-2-6-15(16)19(23-24-20)17-9-8-13(21)11-18(17)26/h8-9,11,14,26H,2-7,10,12H2,1H3,(H,22,24)/t14-/m1/s1. The van der Waals surface area contributed by atoms with Crippen LogP contribution in [0.5, 0.6) is 5.75 Å². The summed E-state index contributed by atoms with van der Waals surface area (Å²) in [4.78, 5) is 2.34. The molecule has 1 aromatic carbocycles. The molecule has 6 heteroatoms. The predicted molar refractivity (Wildman–Crippen MR) is 99.9 cm³/mol. The largest absolute Gasteiger partial charge is 0.507 e. The maximum absolute atomic E-state index is 13.3. The van der Waals surface area contributed by atoms with Crippen molar-refractivity contribution in [3.8, 4) is 17.0 Å². The minimum Gasteiger partial charge on any atom is -0.507 e. The zero-order chi connectivity index (χ0) is 18.1. The van der Waals surface area contributed by atoms with E-state index in [2.05, 4.69) is 27.5 Å². The molecular weight excluding hydrogens is 331 g/mol. The molecule has 4 rings (SSSR count). The van der Waals surface area contributed by atoms with Gasteiger partial charge < -0.3 is 15.3 Å². The number of hydrogen-bond acceptors (Lipinski definition) is 5. The molecule has 1 fully saturated rings. The number of piperidine rings is 1. The van der Waals surface area contributed by atoms with Crippen LogP contribution in [0.3, 0.4) is 0 Å². The number of nitrogens with zero attached hydrogens (tertiary/aromatic N) is 3. The van der Waals surface area contributed by atoms with E-state index in [1.165, 1.54) is 18.1 Å². The summed E-state index contributed by atoms with van der Waals surface area (Å²) in [6.07, 6.45) is 6.43. The minimum atomic E-state index is -0.451. The summed E-state index contributed by atoms with van der Waals surface area (Å²) < 4.78 is 13.3. The van der Waals surface area contributed by atoms with E-state index in [-0.39, 0.29) is 5.75 Å². The van der Waals surface area contributed by atoms with Crippen LogP contribution in [0.2, 0.25) is 0 Å². The second kappa shape index (κ2) is 7.19. The number of rotatable bonds is 3. The smallest absolute Gasteiger partial charge is 0.152 e. The van der Waals surface area contributed by atoms with Gasteiger partial charge in [-0.15, -0.1) is 10.2 Å². The van der Waals surface area contributed by atoms with Gasteiger partial charge in [0.1, 0.15) is 17.3 Å². The van der Waals surface area contributed by atoms with Gasteiger partial charge in [-0.2, -0.15) is 0 Å². The lowest BCUT2D eigenvalue weighted by molar-refractivity contribution is 0.260. The molecule has 1 atom stereocenters. The minimum absolute atomic E-state index is 0.0818. The number of fused-ring (bicyclic) bond motifs is 1. The van der Waals surface area contributed by atoms with Crippen molar-refractivity contribution in [2.45, 2.75) is 44.6 Å². The van der Waals surface area contributed by atoms with Crippen molar-refractivity contribution in [2.24, 2.45) is 0 Å². The number of likely N-dealkylation sites (tertiary alicyclic amines) is 1. The van der Waals surface area contributed by atoms with Gasteiger partial charge in [0.05, 0.1) is 0 Å². The normalized spacial score (nSPS) is 20.6. The molecule has 26 heavy (non-hydrogen) atoms. The van der Waals surface area contributed by atoms with E-state index in [9.17, 15) is 9.50 Å². The summed E-state index contributed by atoms with van der Waals surface area (Å²) in [6, 6.07) is 4.47. The number of anilines is 1. The van der Waals surface area contributed by atoms with Crippen LogP contribution in [-0.4, -0.2) is 46.4 Å². The first-order valence-corrected chi connectivity index (χ1v) is 9.44. The number of phenols is 1. The number of halogens is 1. The first-order valence-electron chi connectivity index (χ1n) is 9.44. The summed E-state index contributed by atoms with van der Waals surface area (Å²) in [6.45, 7) is 2.15. The fourth-order valence-electron chi connectivity index (χ4n) is 4.16. The molecule has 1 saturated heterocycles. The van der Waals surface area contributed by atoms with Gasteiger partial charge in [-0.1, -0.05) is 0 Å². The Hall–Kier alpha value is -2.21. The first kappa shape index (κ1) is 17.2. The number of aromatic nitrogens is 2. The molecule has 0 bridgehead atoms. The van der Waals surface area contributed by atoms with Gasteiger partial charge in [0.15, 0.2) is 5.82 Å². The molecule has 1 aromatic heterocycles. The Morgan fingerprint density at radius 1 is 1.15 bits per heavy atom. The fraction of sp³-hybridized carbons (Fsp3) is 0.500. The number of hydrogen-bond donors (Lipinski definition) is 2. The van der Waals surface area contributed by atoms with Crippen molar-refractivity contribution >= 4 is 5.82 Å². The lowest BCUT2D eigenvalue weighted by Crippen LogP contribution is -2.40. The topological polar surface area (TPSA) is 61.3 Å². The Morgan fingerprint density at radius 3 is 2.73 bits per heavy atom. The number of likely N-dealkylation sites (N-methyl/N-ethyl adjacent to an activating group) is 1. The van der Waals surface area contributed by atoms with Gasteiger partial charge in [-0.05, 0) is 69.8 Å². The van der Waals surface area contributed by atoms with Crippen LogP contribution in [-0.2, 0) is 12.8 Å². The Morgan fingerprint density at radius 2 is 1.96 bits per heavy atom. The molecule has 2 N–H and O–H groups in total. The van der Waals surface area contributed by atoms with E-state index < -0.39 is 5.82 Å². The molecule has 0 spiro atoms. The van der Waals surface area contributed by atoms with Crippen LogP contribution in [0.4, 0.5) is 10.2 Å². The molecule has 138 valence electrons. The third kappa shape index (κ3) is 3.38. The molecule has 0 amide bonds. The van der Waals surface area contributed by atoms with E-state index >= 15 is 0 Å². The van der Waals surface area contributed by atoms with Crippen molar-refractivity contribution in [1.29, 1.82) is 0 Å². The first-order chi connectivity index (χ1) is 12.6. The average molecular weight is 356 g/mol. The molecule has 1 aliphatic carbocycles. The van der Waals surface area contributed by atoms with E-state index in [4.69, 9.17) is 0 Å². The monoisotopic (exact) mass is 356 g/mol. The number of aromatic hydroxyl groups is 1. The number of phenolic OH excluding ortho intramolecular Hbond substituents is 1. The van der Waals surface area contributed by atoms with Gasteiger partial charge in [-0.3, -0.25) is 0 Å². The SMILES string of the molecule is CN1CCC[C@@H](Nc2nnc(-c3ccc(F)cc3O)c3c2CCCC3)C1. The lowest BCUT2D eigenvalue weighted by Gasteiger charge is -2.31. The maximum atomic E-state index is 13.3. The Bertz CT molecular complexity index is 811. The fourth-order valence-corrected chi connectivity index (χ4v) is 4.16. The molecule has 1 aliphatic heterocycles. The van der Waals surface area contributed by atoms with E-state index in [1.54, 1.807) is 6.07 Å². The highest BCUT2D eigenvalue weighted by molar-refractivity contribution is 5.72. The summed E-state index contributed by atoms with van der Waals surface area (Å²) in [7, 11) is 2.15. The van der Waals surface area contributed by atoms with E-state index in [0.717, 1.165) is 62.6 Å². The zero-order valence-corrected chi connectivity index (χ0v) is 15.1. The van der Waals surface area contributed by atoms with E-state index in [0.29, 0.717) is 17.3 Å². The van der Waals surface area contributed by atoms with Gasteiger partial charge in [0, 0.05) is 29.8 Å². The quantitative estimate of drug-likeness (QED) is 0.883. The summed E-state index contributed by atoms with van der Waals surface area (Å²) in [5.41, 5.74) is 3.59. The average Bonchev–Trinajstić information content (AvgIpc) is 2.63. The maximum Gasteiger partial charge on any atom is 0.152 e. The Kier molecular flexibility index (Phi) is 4.76. The van der Waals surface area contributed by atoms with Gasteiger partial charge in [0.2, 0.25) is 0 Å². The highest BCUT2D eigenvalue weighted by Gasteiger charge is 2.24. The van der Waals surface area contributed by atoms with Crippen LogP contribution in [0.1, 0.15) is 36.8 Å².